The standard InChI is InChI=1S/C8H9NO.2C2H6.CH3NO/c1-7(10)9-8-5-3-2-4-6-8;2*1-2;2-1-3/h2-6H,1H3,(H,9,10);2*1-2H3;1H,(H2,2,3). The van der Waals surface area contributed by atoms with Crippen molar-refractivity contribution in [3.05, 3.63) is 30.3 Å². The van der Waals surface area contributed by atoms with Crippen LogP contribution in [0, 0.1) is 0 Å². The summed E-state index contributed by atoms with van der Waals surface area (Å²) in [6.45, 7) is 9.49. The molecule has 0 aromatic heterocycles. The minimum atomic E-state index is -0.0359. The van der Waals surface area contributed by atoms with E-state index in [0.29, 0.717) is 0 Å². The molecule has 4 heteroatoms. The topological polar surface area (TPSA) is 72.2 Å². The second-order valence-corrected chi connectivity index (χ2v) is 2.18. The normalized spacial score (nSPS) is 6.65. The van der Waals surface area contributed by atoms with Crippen molar-refractivity contribution in [2.45, 2.75) is 34.6 Å². The zero-order chi connectivity index (χ0) is 14.1. The number of carbonyl (C=O) groups is 2. The third-order valence-corrected chi connectivity index (χ3v) is 1.09. The maximum atomic E-state index is 10.5. The van der Waals surface area contributed by atoms with Crippen LogP contribution in [0.2, 0.25) is 0 Å². The molecule has 1 aromatic rings. The molecule has 0 atom stereocenters. The smallest absolute Gasteiger partial charge is 0.221 e. The number of primary amides is 1. The van der Waals surface area contributed by atoms with Gasteiger partial charge in [-0.05, 0) is 12.1 Å². The molecule has 0 fully saturated rings. The van der Waals surface area contributed by atoms with Gasteiger partial charge < -0.3 is 11.1 Å². The highest BCUT2D eigenvalue weighted by molar-refractivity contribution is 5.88. The van der Waals surface area contributed by atoms with Gasteiger partial charge in [0.15, 0.2) is 0 Å². The van der Waals surface area contributed by atoms with E-state index in [1.165, 1.54) is 6.92 Å². The van der Waals surface area contributed by atoms with Crippen LogP contribution in [-0.2, 0) is 9.59 Å². The van der Waals surface area contributed by atoms with Crippen molar-refractivity contribution >= 4 is 18.0 Å². The van der Waals surface area contributed by atoms with Gasteiger partial charge in [-0.1, -0.05) is 45.9 Å². The summed E-state index contributed by atoms with van der Waals surface area (Å²) in [5.74, 6) is -0.0359. The number of nitrogens with two attached hydrogens (primary N) is 1. The van der Waals surface area contributed by atoms with Crippen LogP contribution in [0.25, 0.3) is 0 Å². The van der Waals surface area contributed by atoms with Gasteiger partial charge in [0.1, 0.15) is 0 Å². The first-order valence-electron chi connectivity index (χ1n) is 5.68. The van der Waals surface area contributed by atoms with E-state index in [2.05, 4.69) is 11.1 Å². The summed E-state index contributed by atoms with van der Waals surface area (Å²) in [4.78, 5) is 19.1. The molecular weight excluding hydrogens is 216 g/mol. The monoisotopic (exact) mass is 240 g/mol. The van der Waals surface area contributed by atoms with Gasteiger partial charge in [-0.3, -0.25) is 9.59 Å². The van der Waals surface area contributed by atoms with Crippen LogP contribution in [0.5, 0.6) is 0 Å². The van der Waals surface area contributed by atoms with Crippen LogP contribution in [-0.4, -0.2) is 12.3 Å². The second kappa shape index (κ2) is 19.7. The number of hydrogen-bond donors (Lipinski definition) is 2. The summed E-state index contributed by atoms with van der Waals surface area (Å²) < 4.78 is 0. The van der Waals surface area contributed by atoms with Crippen LogP contribution in [0.4, 0.5) is 5.69 Å². The molecule has 1 rings (SSSR count). The highest BCUT2D eigenvalue weighted by atomic mass is 16.1. The highest BCUT2D eigenvalue weighted by Crippen LogP contribution is 2.03. The zero-order valence-electron chi connectivity index (χ0n) is 11.4. The fourth-order valence-electron chi connectivity index (χ4n) is 0.725. The molecule has 1 aromatic carbocycles. The van der Waals surface area contributed by atoms with Gasteiger partial charge in [0.05, 0.1) is 0 Å². The molecular formula is C13H24N2O2. The predicted octanol–water partition coefficient (Wildman–Crippen LogP) is 2.80. The third kappa shape index (κ3) is 20.3. The Bertz CT molecular complexity index is 261. The van der Waals surface area contributed by atoms with E-state index >= 15 is 0 Å². The Morgan fingerprint density at radius 2 is 1.47 bits per heavy atom. The largest absolute Gasteiger partial charge is 0.372 e. The average Bonchev–Trinajstić information content (AvgIpc) is 2.36. The van der Waals surface area contributed by atoms with E-state index in [-0.39, 0.29) is 12.3 Å². The van der Waals surface area contributed by atoms with Crippen molar-refractivity contribution in [3.63, 3.8) is 0 Å². The number of para-hydroxylation sites is 1. The van der Waals surface area contributed by atoms with Crippen LogP contribution >= 0.6 is 0 Å². The Balaban J connectivity index is -0.000000239. The predicted molar refractivity (Wildman–Crippen MR) is 73.7 cm³/mol. The molecule has 0 aliphatic rings. The molecule has 3 N–H and O–H groups in total. The highest BCUT2D eigenvalue weighted by Gasteiger charge is 1.90. The van der Waals surface area contributed by atoms with Crippen molar-refractivity contribution in [3.8, 4) is 0 Å². The maximum Gasteiger partial charge on any atom is 0.221 e. The maximum absolute atomic E-state index is 10.5. The van der Waals surface area contributed by atoms with Crippen molar-refractivity contribution in [1.82, 2.24) is 0 Å². The Kier molecular flexibility index (Phi) is 23.8. The SMILES string of the molecule is CC.CC.CC(=O)Nc1ccccc1.NC=O. The van der Waals surface area contributed by atoms with Crippen molar-refractivity contribution in [2.24, 2.45) is 5.73 Å². The summed E-state index contributed by atoms with van der Waals surface area (Å²) in [6, 6.07) is 9.37. The first-order valence-corrected chi connectivity index (χ1v) is 5.68. The lowest BCUT2D eigenvalue weighted by atomic mass is 10.3. The Morgan fingerprint density at radius 3 is 1.76 bits per heavy atom. The second-order valence-electron chi connectivity index (χ2n) is 2.18. The van der Waals surface area contributed by atoms with E-state index in [4.69, 9.17) is 4.79 Å². The number of rotatable bonds is 1. The van der Waals surface area contributed by atoms with E-state index in [1.807, 2.05) is 58.0 Å². The molecule has 0 bridgehead atoms. The number of amides is 2. The summed E-state index contributed by atoms with van der Waals surface area (Å²) >= 11 is 0. The van der Waals surface area contributed by atoms with E-state index in [9.17, 15) is 4.79 Å². The first kappa shape index (κ1) is 20.6. The quantitative estimate of drug-likeness (QED) is 0.741. The fraction of sp³-hybridized carbons (Fsp3) is 0.385. The lowest BCUT2D eigenvalue weighted by Crippen LogP contribution is -2.04. The number of anilines is 1. The van der Waals surface area contributed by atoms with Gasteiger partial charge in [0.25, 0.3) is 0 Å². The summed E-state index contributed by atoms with van der Waals surface area (Å²) in [5.41, 5.74) is 5.01. The van der Waals surface area contributed by atoms with Gasteiger partial charge in [-0.2, -0.15) is 0 Å². The third-order valence-electron chi connectivity index (χ3n) is 1.09. The van der Waals surface area contributed by atoms with Gasteiger partial charge >= 0.3 is 0 Å². The Hall–Kier alpha value is -1.84. The lowest BCUT2D eigenvalue weighted by molar-refractivity contribution is -0.114. The van der Waals surface area contributed by atoms with Gasteiger partial charge in [-0.15, -0.1) is 0 Å². The fourth-order valence-corrected chi connectivity index (χ4v) is 0.725. The number of carbonyl (C=O) groups excluding carboxylic acids is 2. The minimum absolute atomic E-state index is 0.0359. The van der Waals surface area contributed by atoms with Crippen molar-refractivity contribution < 1.29 is 9.59 Å². The Morgan fingerprint density at radius 1 is 1.12 bits per heavy atom. The van der Waals surface area contributed by atoms with Crippen molar-refractivity contribution in [2.75, 3.05) is 5.32 Å². The summed E-state index contributed by atoms with van der Waals surface area (Å²) in [7, 11) is 0. The molecule has 0 radical (unpaired) electrons. The van der Waals surface area contributed by atoms with Crippen LogP contribution < -0.4 is 11.1 Å². The number of nitrogens with one attached hydrogen (secondary N) is 1. The molecule has 0 heterocycles. The molecule has 0 saturated heterocycles. The van der Waals surface area contributed by atoms with Gasteiger partial charge in [0, 0.05) is 12.6 Å². The molecule has 0 saturated carbocycles. The van der Waals surface area contributed by atoms with Crippen LogP contribution in [0.1, 0.15) is 34.6 Å². The van der Waals surface area contributed by atoms with Crippen LogP contribution in [0.3, 0.4) is 0 Å². The zero-order valence-corrected chi connectivity index (χ0v) is 11.4. The summed E-state index contributed by atoms with van der Waals surface area (Å²) in [5, 5.41) is 2.67. The molecule has 2 amide bonds. The lowest BCUT2D eigenvalue weighted by Gasteiger charge is -1.98. The van der Waals surface area contributed by atoms with E-state index in [0.717, 1.165) is 5.69 Å². The first-order chi connectivity index (χ1) is 8.20. The minimum Gasteiger partial charge on any atom is -0.372 e. The van der Waals surface area contributed by atoms with Gasteiger partial charge in [0.2, 0.25) is 12.3 Å². The van der Waals surface area contributed by atoms with Crippen molar-refractivity contribution in [1.29, 1.82) is 0 Å². The molecule has 98 valence electrons. The molecule has 0 aliphatic heterocycles. The molecule has 0 aliphatic carbocycles. The van der Waals surface area contributed by atoms with E-state index < -0.39 is 0 Å². The van der Waals surface area contributed by atoms with E-state index in [1.54, 1.807) is 0 Å². The number of hydrogen-bond acceptors (Lipinski definition) is 2. The van der Waals surface area contributed by atoms with Crippen LogP contribution in [0.15, 0.2) is 30.3 Å². The molecule has 17 heavy (non-hydrogen) atoms. The molecule has 4 nitrogen and oxygen atoms in total. The molecule has 0 unspecified atom stereocenters. The average molecular weight is 240 g/mol. The summed E-state index contributed by atoms with van der Waals surface area (Å²) in [6.07, 6.45) is 0.250. The number of benzene rings is 1. The Labute approximate surface area is 104 Å². The van der Waals surface area contributed by atoms with Gasteiger partial charge in [-0.25, -0.2) is 0 Å². The molecule has 0 spiro atoms.